The molecule has 0 fully saturated rings. The molecular formula is C21H21N3O4. The second-order valence-electron chi connectivity index (χ2n) is 6.09. The molecule has 0 atom stereocenters. The normalized spacial score (nSPS) is 10.4. The third-order valence-electron chi connectivity index (χ3n) is 4.31. The summed E-state index contributed by atoms with van der Waals surface area (Å²) in [6.45, 7) is 2.12. The largest absolute Gasteiger partial charge is 0.496 e. The quantitative estimate of drug-likeness (QED) is 0.712. The Morgan fingerprint density at radius 3 is 2.43 bits per heavy atom. The molecule has 1 amide bonds. The summed E-state index contributed by atoms with van der Waals surface area (Å²) in [6, 6.07) is 16.0. The van der Waals surface area contributed by atoms with E-state index in [1.807, 2.05) is 49.4 Å². The molecule has 0 aliphatic heterocycles. The summed E-state index contributed by atoms with van der Waals surface area (Å²) in [4.78, 5) is 25.2. The molecule has 0 aliphatic carbocycles. The van der Waals surface area contributed by atoms with Gasteiger partial charge in [-0.05, 0) is 24.6 Å². The minimum absolute atomic E-state index is 0.0280. The molecule has 2 aromatic carbocycles. The minimum atomic E-state index is -0.454. The van der Waals surface area contributed by atoms with Crippen molar-refractivity contribution in [3.63, 3.8) is 0 Å². The van der Waals surface area contributed by atoms with Crippen molar-refractivity contribution >= 4 is 5.91 Å². The van der Waals surface area contributed by atoms with E-state index >= 15 is 0 Å². The molecule has 0 aliphatic rings. The molecule has 1 heterocycles. The van der Waals surface area contributed by atoms with Crippen LogP contribution in [0.1, 0.15) is 21.6 Å². The van der Waals surface area contributed by atoms with Gasteiger partial charge in [-0.15, -0.1) is 0 Å². The number of amides is 1. The molecule has 0 radical (unpaired) electrons. The van der Waals surface area contributed by atoms with Crippen LogP contribution in [-0.4, -0.2) is 29.9 Å². The first-order valence-corrected chi connectivity index (χ1v) is 8.69. The molecule has 28 heavy (non-hydrogen) atoms. The standard InChI is InChI=1S/C21H21N3O4/c1-14-8-4-6-10-16(14)24-19(25)12-18(28-3)20(23-24)21(26)22-13-15-9-5-7-11-17(15)27-2/h4-12H,13H2,1-3H3,(H,22,26). The van der Waals surface area contributed by atoms with E-state index in [-0.39, 0.29) is 23.5 Å². The van der Waals surface area contributed by atoms with Crippen LogP contribution in [0.25, 0.3) is 5.69 Å². The number of hydrogen-bond acceptors (Lipinski definition) is 5. The fourth-order valence-electron chi connectivity index (χ4n) is 2.84. The summed E-state index contributed by atoms with van der Waals surface area (Å²) in [5.41, 5.74) is 1.94. The summed E-state index contributed by atoms with van der Waals surface area (Å²) in [5.74, 6) is 0.338. The first-order valence-electron chi connectivity index (χ1n) is 8.69. The van der Waals surface area contributed by atoms with Gasteiger partial charge in [-0.2, -0.15) is 9.78 Å². The smallest absolute Gasteiger partial charge is 0.275 e. The molecule has 0 bridgehead atoms. The number of carbonyl (C=O) groups excluding carboxylic acids is 1. The summed E-state index contributed by atoms with van der Waals surface area (Å²) < 4.78 is 11.7. The van der Waals surface area contributed by atoms with Gasteiger partial charge in [-0.3, -0.25) is 9.59 Å². The van der Waals surface area contributed by atoms with Gasteiger partial charge in [0.15, 0.2) is 11.4 Å². The highest BCUT2D eigenvalue weighted by atomic mass is 16.5. The third-order valence-corrected chi connectivity index (χ3v) is 4.31. The Kier molecular flexibility index (Phi) is 5.74. The molecule has 1 N–H and O–H groups in total. The van der Waals surface area contributed by atoms with Crippen LogP contribution in [0.5, 0.6) is 11.5 Å². The lowest BCUT2D eigenvalue weighted by Gasteiger charge is -2.13. The zero-order chi connectivity index (χ0) is 20.1. The van der Waals surface area contributed by atoms with Gasteiger partial charge in [-0.25, -0.2) is 0 Å². The Morgan fingerprint density at radius 1 is 1.04 bits per heavy atom. The summed E-state index contributed by atoms with van der Waals surface area (Å²) in [6.07, 6.45) is 0. The summed E-state index contributed by atoms with van der Waals surface area (Å²) in [7, 11) is 2.97. The van der Waals surface area contributed by atoms with E-state index in [4.69, 9.17) is 9.47 Å². The first kappa shape index (κ1) is 19.2. The monoisotopic (exact) mass is 379 g/mol. The fourth-order valence-corrected chi connectivity index (χ4v) is 2.84. The fraction of sp³-hybridized carbons (Fsp3) is 0.190. The Balaban J connectivity index is 1.94. The maximum atomic E-state index is 12.8. The van der Waals surface area contributed by atoms with Crippen molar-refractivity contribution in [2.45, 2.75) is 13.5 Å². The highest BCUT2D eigenvalue weighted by Crippen LogP contribution is 2.19. The van der Waals surface area contributed by atoms with Crippen LogP contribution in [0, 0.1) is 6.92 Å². The van der Waals surface area contributed by atoms with Crippen LogP contribution in [-0.2, 0) is 6.54 Å². The van der Waals surface area contributed by atoms with E-state index in [1.165, 1.54) is 17.9 Å². The molecule has 0 saturated heterocycles. The molecule has 0 spiro atoms. The minimum Gasteiger partial charge on any atom is -0.496 e. The molecule has 3 rings (SSSR count). The lowest BCUT2D eigenvalue weighted by atomic mass is 10.2. The van der Waals surface area contributed by atoms with Crippen LogP contribution >= 0.6 is 0 Å². The third kappa shape index (κ3) is 3.88. The van der Waals surface area contributed by atoms with Gasteiger partial charge >= 0.3 is 0 Å². The Labute approximate surface area is 162 Å². The Morgan fingerprint density at radius 2 is 1.71 bits per heavy atom. The van der Waals surface area contributed by atoms with Crippen molar-refractivity contribution in [3.05, 3.63) is 81.8 Å². The van der Waals surface area contributed by atoms with E-state index in [2.05, 4.69) is 10.4 Å². The number of nitrogens with one attached hydrogen (secondary N) is 1. The van der Waals surface area contributed by atoms with E-state index in [0.29, 0.717) is 11.4 Å². The van der Waals surface area contributed by atoms with Crippen LogP contribution in [0.2, 0.25) is 0 Å². The van der Waals surface area contributed by atoms with Crippen LogP contribution < -0.4 is 20.3 Å². The second kappa shape index (κ2) is 8.39. The van der Waals surface area contributed by atoms with Gasteiger partial charge in [0.2, 0.25) is 0 Å². The van der Waals surface area contributed by atoms with E-state index in [9.17, 15) is 9.59 Å². The molecule has 0 saturated carbocycles. The van der Waals surface area contributed by atoms with Crippen molar-refractivity contribution in [1.29, 1.82) is 0 Å². The number of aromatic nitrogens is 2. The Bertz CT molecular complexity index is 1060. The van der Waals surface area contributed by atoms with Crippen molar-refractivity contribution in [2.24, 2.45) is 0 Å². The van der Waals surface area contributed by atoms with Gasteiger partial charge in [0.05, 0.1) is 26.0 Å². The number of methoxy groups -OCH3 is 2. The van der Waals surface area contributed by atoms with E-state index < -0.39 is 5.91 Å². The highest BCUT2D eigenvalue weighted by molar-refractivity contribution is 5.94. The van der Waals surface area contributed by atoms with Crippen LogP contribution in [0.3, 0.4) is 0 Å². The number of benzene rings is 2. The second-order valence-corrected chi connectivity index (χ2v) is 6.09. The summed E-state index contributed by atoms with van der Waals surface area (Å²) in [5, 5.41) is 7.07. The van der Waals surface area contributed by atoms with Crippen molar-refractivity contribution in [3.8, 4) is 17.2 Å². The zero-order valence-corrected chi connectivity index (χ0v) is 15.9. The average molecular weight is 379 g/mol. The number of hydrogen-bond donors (Lipinski definition) is 1. The summed E-state index contributed by atoms with van der Waals surface area (Å²) >= 11 is 0. The number of aryl methyl sites for hydroxylation is 1. The molecule has 0 unspecified atom stereocenters. The highest BCUT2D eigenvalue weighted by Gasteiger charge is 2.19. The van der Waals surface area contributed by atoms with Crippen molar-refractivity contribution in [1.82, 2.24) is 15.1 Å². The van der Waals surface area contributed by atoms with E-state index in [1.54, 1.807) is 13.2 Å². The Hall–Kier alpha value is -3.61. The predicted octanol–water partition coefficient (Wildman–Crippen LogP) is 2.49. The number of rotatable bonds is 6. The molecule has 3 aromatic rings. The number of ether oxygens (including phenoxy) is 2. The van der Waals surface area contributed by atoms with Gasteiger partial charge in [0.25, 0.3) is 11.5 Å². The van der Waals surface area contributed by atoms with Crippen molar-refractivity contribution in [2.75, 3.05) is 14.2 Å². The molecule has 144 valence electrons. The van der Waals surface area contributed by atoms with Crippen LogP contribution in [0.15, 0.2) is 59.4 Å². The predicted molar refractivity (Wildman–Crippen MR) is 105 cm³/mol. The molecule has 7 nitrogen and oxygen atoms in total. The maximum absolute atomic E-state index is 12.8. The first-order chi connectivity index (χ1) is 13.5. The topological polar surface area (TPSA) is 82.5 Å². The molecule has 7 heteroatoms. The molecule has 1 aromatic heterocycles. The van der Waals surface area contributed by atoms with Gasteiger partial charge in [0.1, 0.15) is 5.75 Å². The lowest BCUT2D eigenvalue weighted by molar-refractivity contribution is 0.0940. The molecular weight excluding hydrogens is 358 g/mol. The van der Waals surface area contributed by atoms with Gasteiger partial charge < -0.3 is 14.8 Å². The van der Waals surface area contributed by atoms with Gasteiger partial charge in [-0.1, -0.05) is 36.4 Å². The SMILES string of the molecule is COc1ccccc1CNC(=O)c1nn(-c2ccccc2C)c(=O)cc1OC. The number of para-hydroxylation sites is 2. The lowest BCUT2D eigenvalue weighted by Crippen LogP contribution is -2.30. The van der Waals surface area contributed by atoms with Crippen molar-refractivity contribution < 1.29 is 14.3 Å². The number of carbonyl (C=O) groups is 1. The zero-order valence-electron chi connectivity index (χ0n) is 15.9. The van der Waals surface area contributed by atoms with E-state index in [0.717, 1.165) is 11.1 Å². The average Bonchev–Trinajstić information content (AvgIpc) is 2.72. The number of nitrogens with zero attached hydrogens (tertiary/aromatic N) is 2. The van der Waals surface area contributed by atoms with Gasteiger partial charge in [0, 0.05) is 12.1 Å². The van der Waals surface area contributed by atoms with Crippen LogP contribution in [0.4, 0.5) is 0 Å². The maximum Gasteiger partial charge on any atom is 0.275 e.